The zero-order valence-electron chi connectivity index (χ0n) is 24.3. The first-order chi connectivity index (χ1) is 21.6. The van der Waals surface area contributed by atoms with Crippen molar-refractivity contribution >= 4 is 18.1 Å². The van der Waals surface area contributed by atoms with E-state index in [1.54, 1.807) is 6.34 Å². The average molecular weight is 620 g/mol. The van der Waals surface area contributed by atoms with Crippen molar-refractivity contribution in [2.45, 2.75) is 55.5 Å². The van der Waals surface area contributed by atoms with Crippen molar-refractivity contribution in [3.63, 3.8) is 0 Å². The van der Waals surface area contributed by atoms with Gasteiger partial charge in [0.2, 0.25) is 5.82 Å². The molecule has 0 spiro atoms. The minimum absolute atomic E-state index is 0.0148. The zero-order valence-corrected chi connectivity index (χ0v) is 24.3. The fourth-order valence-corrected chi connectivity index (χ4v) is 6.81. The van der Waals surface area contributed by atoms with Gasteiger partial charge in [-0.25, -0.2) is 9.97 Å². The van der Waals surface area contributed by atoms with Crippen LogP contribution in [0.5, 0.6) is 0 Å². The highest BCUT2D eigenvalue weighted by Gasteiger charge is 2.46. The van der Waals surface area contributed by atoms with Gasteiger partial charge in [-0.1, -0.05) is 6.08 Å². The Morgan fingerprint density at radius 2 is 1.98 bits per heavy atom. The normalized spacial score (nSPS) is 26.1. The van der Waals surface area contributed by atoms with Crippen LogP contribution in [0.25, 0.3) is 0 Å². The molecule has 1 amide bonds. The summed E-state index contributed by atoms with van der Waals surface area (Å²) in [6, 6.07) is 5.41. The van der Waals surface area contributed by atoms with Crippen molar-refractivity contribution in [2.24, 2.45) is 16.6 Å². The number of alkyl halides is 3. The molecule has 5 heterocycles. The number of anilines is 1. The number of carbonyl (C=O) groups is 1. The van der Waals surface area contributed by atoms with Gasteiger partial charge in [-0.15, -0.1) is 0 Å². The summed E-state index contributed by atoms with van der Waals surface area (Å²) >= 11 is 0. The van der Waals surface area contributed by atoms with E-state index < -0.39 is 23.4 Å². The number of hydrogen-bond acceptors (Lipinski definition) is 9. The van der Waals surface area contributed by atoms with Crippen LogP contribution in [0.1, 0.15) is 70.9 Å². The number of nitrogens with one attached hydrogen (secondary N) is 2. The number of aromatic nitrogens is 5. The summed E-state index contributed by atoms with van der Waals surface area (Å²) in [5.41, 5.74) is 7.10. The Labute approximate surface area is 256 Å². The lowest BCUT2D eigenvalue weighted by Gasteiger charge is -2.51. The third-order valence-electron chi connectivity index (χ3n) is 9.57. The molecule has 4 N–H and O–H groups in total. The first-order valence-corrected chi connectivity index (χ1v) is 15.0. The van der Waals surface area contributed by atoms with Gasteiger partial charge >= 0.3 is 6.18 Å². The zero-order chi connectivity index (χ0) is 31.3. The number of nitriles is 1. The van der Waals surface area contributed by atoms with Crippen LogP contribution in [0.3, 0.4) is 0 Å². The summed E-state index contributed by atoms with van der Waals surface area (Å²) < 4.78 is 42.8. The van der Waals surface area contributed by atoms with Gasteiger partial charge in [0.05, 0.1) is 35.9 Å². The van der Waals surface area contributed by atoms with Crippen molar-refractivity contribution in [2.75, 3.05) is 31.5 Å². The molecule has 15 heteroatoms. The lowest BCUT2D eigenvalue weighted by molar-refractivity contribution is -0.145. The van der Waals surface area contributed by atoms with E-state index in [4.69, 9.17) is 5.73 Å². The van der Waals surface area contributed by atoms with Crippen LogP contribution in [0.15, 0.2) is 47.9 Å². The average Bonchev–Trinajstić information content (AvgIpc) is 3.69. The van der Waals surface area contributed by atoms with Crippen LogP contribution in [-0.2, 0) is 11.7 Å². The third kappa shape index (κ3) is 5.27. The largest absolute Gasteiger partial charge is 0.451 e. The molecule has 0 radical (unpaired) electrons. The first kappa shape index (κ1) is 29.2. The van der Waals surface area contributed by atoms with E-state index in [1.165, 1.54) is 17.0 Å². The summed E-state index contributed by atoms with van der Waals surface area (Å²) in [5, 5.41) is 17.0. The smallest absolute Gasteiger partial charge is 0.348 e. The third-order valence-corrected chi connectivity index (χ3v) is 9.57. The highest BCUT2D eigenvalue weighted by molar-refractivity contribution is 5.92. The molecule has 3 aromatic rings. The molecule has 3 aromatic heterocycles. The molecule has 3 fully saturated rings. The van der Waals surface area contributed by atoms with Gasteiger partial charge in [-0.2, -0.15) is 23.5 Å². The highest BCUT2D eigenvalue weighted by Crippen LogP contribution is 2.44. The van der Waals surface area contributed by atoms with Gasteiger partial charge in [-0.3, -0.25) is 19.4 Å². The lowest BCUT2D eigenvalue weighted by Crippen LogP contribution is -2.59. The first-order valence-electron chi connectivity index (χ1n) is 15.0. The number of H-pyrrole nitrogens is 1. The maximum Gasteiger partial charge on any atom is 0.451 e. The van der Waals surface area contributed by atoms with Crippen LogP contribution >= 0.6 is 0 Å². The van der Waals surface area contributed by atoms with Crippen LogP contribution < -0.4 is 11.1 Å². The molecule has 4 aliphatic rings. The molecular weight excluding hydrogens is 587 g/mol. The van der Waals surface area contributed by atoms with Crippen molar-refractivity contribution < 1.29 is 18.0 Å². The minimum atomic E-state index is -4.79. The molecule has 45 heavy (non-hydrogen) atoms. The van der Waals surface area contributed by atoms with E-state index in [1.807, 2.05) is 35.4 Å². The Morgan fingerprint density at radius 3 is 2.69 bits per heavy atom. The molecule has 12 nitrogen and oxygen atoms in total. The molecule has 4 atom stereocenters. The number of hydrogen-bond donors (Lipinski definition) is 3. The number of aromatic amines is 1. The number of carbonyl (C=O) groups excluding carboxylic acids is 1. The second-order valence-corrected chi connectivity index (χ2v) is 12.1. The van der Waals surface area contributed by atoms with Crippen molar-refractivity contribution in [3.05, 3.63) is 71.2 Å². The van der Waals surface area contributed by atoms with Crippen molar-refractivity contribution in [1.29, 1.82) is 5.26 Å². The van der Waals surface area contributed by atoms with Gasteiger partial charge in [0.25, 0.3) is 5.91 Å². The molecule has 1 saturated heterocycles. The van der Waals surface area contributed by atoms with E-state index in [0.717, 1.165) is 29.8 Å². The number of fused-ring (bicyclic) bond motifs is 1. The molecule has 4 unspecified atom stereocenters. The molecule has 2 aliphatic carbocycles. The number of nitrogens with two attached hydrogens (primary N) is 1. The Balaban J connectivity index is 1.03. The number of piperazine rings is 1. The number of aliphatic imine (C=N–C) groups is 1. The molecule has 7 rings (SSSR count). The highest BCUT2D eigenvalue weighted by atomic mass is 19.4. The summed E-state index contributed by atoms with van der Waals surface area (Å²) in [5.74, 6) is -0.981. The second-order valence-electron chi connectivity index (χ2n) is 12.1. The second kappa shape index (κ2) is 11.1. The maximum atomic E-state index is 13.6. The van der Waals surface area contributed by atoms with E-state index in [-0.39, 0.29) is 35.4 Å². The van der Waals surface area contributed by atoms with Crippen LogP contribution in [0, 0.1) is 17.2 Å². The molecule has 234 valence electrons. The molecular formula is C30H32F3N11O. The topological polar surface area (TPSA) is 157 Å². The number of halogens is 3. The summed E-state index contributed by atoms with van der Waals surface area (Å²) in [6.45, 7) is 1.74. The summed E-state index contributed by atoms with van der Waals surface area (Å²) in [7, 11) is 0. The van der Waals surface area contributed by atoms with E-state index >= 15 is 0 Å². The van der Waals surface area contributed by atoms with E-state index in [9.17, 15) is 23.2 Å². The lowest BCUT2D eigenvalue weighted by atomic mass is 9.73. The minimum Gasteiger partial charge on any atom is -0.348 e. The van der Waals surface area contributed by atoms with Crippen molar-refractivity contribution in [1.82, 2.24) is 34.5 Å². The Kier molecular flexibility index (Phi) is 7.20. The molecule has 0 bridgehead atoms. The Morgan fingerprint density at radius 1 is 1.18 bits per heavy atom. The van der Waals surface area contributed by atoms with Gasteiger partial charge in [0.1, 0.15) is 17.6 Å². The van der Waals surface area contributed by atoms with Crippen LogP contribution in [-0.4, -0.2) is 79.0 Å². The van der Waals surface area contributed by atoms with Crippen molar-refractivity contribution in [3.8, 4) is 6.07 Å². The number of rotatable bonds is 6. The standard InChI is InChI=1S/C30H32F3N11O/c31-30(32,33)28-40-21(13-24(41-28)29(35)5-2-6-29)27(45)43-11-9-42(10-12-43)22-14-23(19(22)3-1-7-34)44-16-18(15-39-44)25-20-4-8-36-26(20)38-17-37-25/h1,3-4,8,13,15-17,19,22-23,25,36H,2,5-6,9-12,14,35H2,(H,37,38). The molecule has 2 saturated carbocycles. The van der Waals surface area contributed by atoms with Gasteiger partial charge in [-0.05, 0) is 37.8 Å². The number of amides is 1. The fourth-order valence-electron chi connectivity index (χ4n) is 6.81. The monoisotopic (exact) mass is 619 g/mol. The predicted molar refractivity (Wildman–Crippen MR) is 157 cm³/mol. The number of nitrogens with zero attached hydrogens (tertiary/aromatic N) is 8. The summed E-state index contributed by atoms with van der Waals surface area (Å²) in [4.78, 5) is 32.3. The molecule has 2 aliphatic heterocycles. The quantitative estimate of drug-likeness (QED) is 0.355. The SMILES string of the molecule is N#CC=CC1C(N2CCN(C(=O)c3cc(C4(N)CCC4)nc(C(F)(F)F)n3)CC2)CC1n1cc(C2N=CNc3[nH]ccc32)cn1. The van der Waals surface area contributed by atoms with Gasteiger partial charge in [0, 0.05) is 67.7 Å². The van der Waals surface area contributed by atoms with E-state index in [2.05, 4.69) is 41.3 Å². The van der Waals surface area contributed by atoms with E-state index in [0.29, 0.717) is 39.0 Å². The maximum absolute atomic E-state index is 13.6. The fraction of sp³-hybridized carbons (Fsp3) is 0.467. The van der Waals surface area contributed by atoms with Crippen LogP contribution in [0.2, 0.25) is 0 Å². The number of allylic oxidation sites excluding steroid dienone is 1. The predicted octanol–water partition coefficient (Wildman–Crippen LogP) is 3.37. The molecule has 0 aromatic carbocycles. The Bertz CT molecular complexity index is 1690. The Hall–Kier alpha value is -4.55. The van der Waals surface area contributed by atoms with Gasteiger partial charge in [0.15, 0.2) is 0 Å². The van der Waals surface area contributed by atoms with Crippen LogP contribution in [0.4, 0.5) is 19.0 Å². The summed E-state index contributed by atoms with van der Waals surface area (Å²) in [6.07, 6.45) is 8.60. The van der Waals surface area contributed by atoms with Gasteiger partial charge < -0.3 is 20.9 Å².